The molecule has 2 saturated heterocycles. The molecular weight excluding hydrogens is 534 g/mol. The Hall–Kier alpha value is -4.34. The Morgan fingerprint density at radius 2 is 1.69 bits per heavy atom. The lowest BCUT2D eigenvalue weighted by atomic mass is 10.0. The molecule has 2 fully saturated rings. The van der Waals surface area contributed by atoms with Gasteiger partial charge in [-0.25, -0.2) is 9.59 Å². The molecule has 0 atom stereocenters. The number of carbonyl (C=O) groups is 3. The first-order valence-corrected chi connectivity index (χ1v) is 14.4. The normalized spacial score (nSPS) is 16.6. The summed E-state index contributed by atoms with van der Waals surface area (Å²) in [4.78, 5) is 50.6. The van der Waals surface area contributed by atoms with E-state index in [4.69, 9.17) is 9.47 Å². The van der Waals surface area contributed by atoms with E-state index in [1.165, 1.54) is 4.90 Å². The summed E-state index contributed by atoms with van der Waals surface area (Å²) in [6, 6.07) is 13.2. The summed E-state index contributed by atoms with van der Waals surface area (Å²) in [5, 5.41) is 1.85. The lowest BCUT2D eigenvalue weighted by Gasteiger charge is -2.38. The molecule has 222 valence electrons. The zero-order valence-corrected chi connectivity index (χ0v) is 25.0. The van der Waals surface area contributed by atoms with Gasteiger partial charge < -0.3 is 19.3 Å². The fraction of sp³-hybridized carbons (Fsp3) is 0.438. The summed E-state index contributed by atoms with van der Waals surface area (Å²) < 4.78 is 10.8. The van der Waals surface area contributed by atoms with Crippen molar-refractivity contribution in [2.24, 2.45) is 0 Å². The molecule has 2 aliphatic heterocycles. The molecular formula is C32H39N5O5. The third-order valence-electron chi connectivity index (χ3n) is 7.90. The molecule has 2 aliphatic rings. The number of pyridine rings is 1. The van der Waals surface area contributed by atoms with E-state index in [0.717, 1.165) is 48.0 Å². The van der Waals surface area contributed by atoms with Crippen molar-refractivity contribution in [3.63, 3.8) is 0 Å². The number of rotatable bonds is 6. The van der Waals surface area contributed by atoms with Crippen molar-refractivity contribution in [2.45, 2.75) is 58.2 Å². The molecule has 0 unspecified atom stereocenters. The Morgan fingerprint density at radius 1 is 0.976 bits per heavy atom. The van der Waals surface area contributed by atoms with Crippen LogP contribution in [0, 0.1) is 0 Å². The van der Waals surface area contributed by atoms with Crippen molar-refractivity contribution in [2.75, 3.05) is 43.6 Å². The summed E-state index contributed by atoms with van der Waals surface area (Å²) in [7, 11) is 3.41. The van der Waals surface area contributed by atoms with Gasteiger partial charge in [-0.1, -0.05) is 24.3 Å². The largest absolute Gasteiger partial charge is 0.497 e. The number of hydrogen-bond donors (Lipinski definition) is 0. The highest BCUT2D eigenvalue weighted by atomic mass is 16.6. The van der Waals surface area contributed by atoms with Gasteiger partial charge in [0.1, 0.15) is 11.4 Å². The van der Waals surface area contributed by atoms with Gasteiger partial charge in [0.15, 0.2) is 0 Å². The average molecular weight is 574 g/mol. The highest BCUT2D eigenvalue weighted by Crippen LogP contribution is 2.35. The van der Waals surface area contributed by atoms with E-state index < -0.39 is 5.60 Å². The van der Waals surface area contributed by atoms with Crippen LogP contribution in [0.1, 0.15) is 45.6 Å². The maximum atomic E-state index is 13.7. The standard InChI is InChI=1S/C32H39N5O5/c1-32(2,3)42-31(40)34(4)23-13-16-35(17-14-23)27-8-6-7-25-26(27)19-33-20-28(25)36-18-15-29(38)37(30(36)39)21-22-9-11-24(41-5)12-10-22/h6-12,19-20,23H,13-18,21H2,1-5H3. The van der Waals surface area contributed by atoms with Gasteiger partial charge in [-0.3, -0.25) is 19.6 Å². The average Bonchev–Trinajstić information content (AvgIpc) is 2.98. The summed E-state index contributed by atoms with van der Waals surface area (Å²) in [5.41, 5.74) is 2.04. The van der Waals surface area contributed by atoms with Crippen molar-refractivity contribution in [1.29, 1.82) is 0 Å². The first-order chi connectivity index (χ1) is 20.1. The number of methoxy groups -OCH3 is 1. The number of urea groups is 1. The Kier molecular flexibility index (Phi) is 8.24. The number of amides is 4. The second kappa shape index (κ2) is 11.9. The number of fused-ring (bicyclic) bond motifs is 1. The number of aromatic nitrogens is 1. The Labute approximate surface area is 246 Å². The third kappa shape index (κ3) is 6.12. The Bertz CT molecular complexity index is 1460. The minimum Gasteiger partial charge on any atom is -0.497 e. The van der Waals surface area contributed by atoms with Crippen LogP contribution in [0.5, 0.6) is 5.75 Å². The molecule has 5 rings (SSSR count). The van der Waals surface area contributed by atoms with Crippen molar-refractivity contribution >= 4 is 40.2 Å². The van der Waals surface area contributed by atoms with Gasteiger partial charge in [-0.05, 0) is 57.4 Å². The number of imide groups is 1. The molecule has 42 heavy (non-hydrogen) atoms. The number of carbonyl (C=O) groups excluding carboxylic acids is 3. The zero-order chi connectivity index (χ0) is 30.0. The van der Waals surface area contributed by atoms with Gasteiger partial charge in [0.25, 0.3) is 0 Å². The van der Waals surface area contributed by atoms with Gasteiger partial charge >= 0.3 is 12.1 Å². The first-order valence-electron chi connectivity index (χ1n) is 14.4. The first kappa shape index (κ1) is 29.2. The third-order valence-corrected chi connectivity index (χ3v) is 7.90. The van der Waals surface area contributed by atoms with Gasteiger partial charge in [-0.2, -0.15) is 0 Å². The minimum absolute atomic E-state index is 0.0972. The van der Waals surface area contributed by atoms with Crippen molar-refractivity contribution in [1.82, 2.24) is 14.8 Å². The van der Waals surface area contributed by atoms with Gasteiger partial charge in [0, 0.05) is 61.8 Å². The molecule has 0 spiro atoms. The smallest absolute Gasteiger partial charge is 0.410 e. The van der Waals surface area contributed by atoms with Crippen LogP contribution in [0.4, 0.5) is 21.0 Å². The van der Waals surface area contributed by atoms with Crippen LogP contribution < -0.4 is 14.5 Å². The minimum atomic E-state index is -0.532. The quantitative estimate of drug-likeness (QED) is 0.388. The molecule has 3 heterocycles. The van der Waals surface area contributed by atoms with Gasteiger partial charge in [0.05, 0.1) is 25.5 Å². The summed E-state index contributed by atoms with van der Waals surface area (Å²) >= 11 is 0. The predicted octanol–water partition coefficient (Wildman–Crippen LogP) is 5.44. The van der Waals surface area contributed by atoms with E-state index in [-0.39, 0.29) is 37.0 Å². The molecule has 3 aromatic rings. The monoisotopic (exact) mass is 573 g/mol. The van der Waals surface area contributed by atoms with Crippen LogP contribution in [0.15, 0.2) is 54.9 Å². The topological polar surface area (TPSA) is 95.5 Å². The Morgan fingerprint density at radius 3 is 2.36 bits per heavy atom. The highest BCUT2D eigenvalue weighted by Gasteiger charge is 2.34. The number of benzene rings is 2. The van der Waals surface area contributed by atoms with Crippen LogP contribution in [0.3, 0.4) is 0 Å². The SMILES string of the molecule is COc1ccc(CN2C(=O)CCN(c3cncc4c(N5CCC(N(C)C(=O)OC(C)(C)C)CC5)cccc34)C2=O)cc1. The molecule has 0 saturated carbocycles. The molecule has 1 aromatic heterocycles. The molecule has 0 aliphatic carbocycles. The van der Waals surface area contributed by atoms with Crippen molar-refractivity contribution < 1.29 is 23.9 Å². The summed E-state index contributed by atoms with van der Waals surface area (Å²) in [6.07, 6.45) is 5.09. The van der Waals surface area contributed by atoms with Crippen LogP contribution in [0.25, 0.3) is 10.8 Å². The molecule has 0 N–H and O–H groups in total. The van der Waals surface area contributed by atoms with E-state index in [1.54, 1.807) is 30.2 Å². The lowest BCUT2D eigenvalue weighted by Crippen LogP contribution is -2.52. The maximum Gasteiger partial charge on any atom is 0.410 e. The van der Waals surface area contributed by atoms with Crippen LogP contribution in [-0.4, -0.2) is 78.2 Å². The number of hydrogen-bond acceptors (Lipinski definition) is 7. The summed E-state index contributed by atoms with van der Waals surface area (Å²) in [6.45, 7) is 7.65. The molecule has 10 nitrogen and oxygen atoms in total. The van der Waals surface area contributed by atoms with Crippen LogP contribution >= 0.6 is 0 Å². The second-order valence-electron chi connectivity index (χ2n) is 11.9. The molecule has 2 aromatic carbocycles. The van der Waals surface area contributed by atoms with E-state index in [0.29, 0.717) is 18.0 Å². The van der Waals surface area contributed by atoms with E-state index in [1.807, 2.05) is 63.4 Å². The number of piperidine rings is 1. The number of nitrogens with zero attached hydrogens (tertiary/aromatic N) is 5. The van der Waals surface area contributed by atoms with Gasteiger partial charge in [-0.15, -0.1) is 0 Å². The Balaban J connectivity index is 1.34. The molecule has 0 bridgehead atoms. The van der Waals surface area contributed by atoms with E-state index >= 15 is 0 Å². The highest BCUT2D eigenvalue weighted by molar-refractivity contribution is 6.11. The summed E-state index contributed by atoms with van der Waals surface area (Å²) in [5.74, 6) is 0.522. The fourth-order valence-electron chi connectivity index (χ4n) is 5.62. The van der Waals surface area contributed by atoms with Crippen molar-refractivity contribution in [3.8, 4) is 5.75 Å². The van der Waals surface area contributed by atoms with Crippen LogP contribution in [0.2, 0.25) is 0 Å². The molecule has 0 radical (unpaired) electrons. The number of ether oxygens (including phenoxy) is 2. The zero-order valence-electron chi connectivity index (χ0n) is 25.0. The van der Waals surface area contributed by atoms with Crippen LogP contribution in [-0.2, 0) is 16.1 Å². The second-order valence-corrected chi connectivity index (χ2v) is 11.9. The van der Waals surface area contributed by atoms with E-state index in [9.17, 15) is 14.4 Å². The maximum absolute atomic E-state index is 13.7. The van der Waals surface area contributed by atoms with Gasteiger partial charge in [0.2, 0.25) is 5.91 Å². The lowest BCUT2D eigenvalue weighted by molar-refractivity contribution is -0.129. The van der Waals surface area contributed by atoms with E-state index in [2.05, 4.69) is 16.0 Å². The fourth-order valence-corrected chi connectivity index (χ4v) is 5.62. The number of anilines is 2. The molecule has 4 amide bonds. The predicted molar refractivity (Wildman–Crippen MR) is 162 cm³/mol. The molecule has 10 heteroatoms. The van der Waals surface area contributed by atoms with Crippen molar-refractivity contribution in [3.05, 3.63) is 60.4 Å².